The van der Waals surface area contributed by atoms with Crippen molar-refractivity contribution < 1.29 is 9.52 Å². The van der Waals surface area contributed by atoms with Crippen LogP contribution in [0.5, 0.6) is 0 Å². The molecule has 0 aliphatic carbocycles. The number of nitrogens with zero attached hydrogens (tertiary/aromatic N) is 2. The van der Waals surface area contributed by atoms with Crippen LogP contribution < -0.4 is 4.90 Å². The second-order valence-electron chi connectivity index (χ2n) is 6.48. The van der Waals surface area contributed by atoms with Crippen molar-refractivity contribution in [2.75, 3.05) is 38.1 Å². The third-order valence-electron chi connectivity index (χ3n) is 4.87. The molecule has 1 aliphatic rings. The summed E-state index contributed by atoms with van der Waals surface area (Å²) in [7, 11) is 2.17. The van der Waals surface area contributed by atoms with E-state index < -0.39 is 0 Å². The SMILES string of the molecule is CN1CCN(c2ccc(-c3coc4ccc(CO)cc34)cc2)CC1. The fourth-order valence-corrected chi connectivity index (χ4v) is 3.31. The normalized spacial score (nSPS) is 16.0. The highest BCUT2D eigenvalue weighted by Gasteiger charge is 2.15. The van der Waals surface area contributed by atoms with Gasteiger partial charge < -0.3 is 19.3 Å². The summed E-state index contributed by atoms with van der Waals surface area (Å²) in [4.78, 5) is 4.79. The lowest BCUT2D eigenvalue weighted by molar-refractivity contribution is 0.282. The monoisotopic (exact) mass is 322 g/mol. The summed E-state index contributed by atoms with van der Waals surface area (Å²) in [6.07, 6.45) is 1.80. The number of aliphatic hydroxyl groups excluding tert-OH is 1. The Kier molecular flexibility index (Phi) is 4.00. The largest absolute Gasteiger partial charge is 0.464 e. The van der Waals surface area contributed by atoms with E-state index in [2.05, 4.69) is 41.1 Å². The van der Waals surface area contributed by atoms with E-state index in [9.17, 15) is 5.11 Å². The molecule has 24 heavy (non-hydrogen) atoms. The zero-order valence-corrected chi connectivity index (χ0v) is 13.9. The summed E-state index contributed by atoms with van der Waals surface area (Å²) < 4.78 is 5.66. The van der Waals surface area contributed by atoms with E-state index in [1.54, 1.807) is 6.26 Å². The number of furan rings is 1. The molecular weight excluding hydrogens is 300 g/mol. The molecule has 4 heteroatoms. The molecule has 0 spiro atoms. The van der Waals surface area contributed by atoms with Crippen molar-refractivity contribution in [2.45, 2.75) is 6.61 Å². The van der Waals surface area contributed by atoms with Gasteiger partial charge in [-0.2, -0.15) is 0 Å². The summed E-state index contributed by atoms with van der Waals surface area (Å²) in [5.41, 5.74) is 5.24. The predicted molar refractivity (Wildman–Crippen MR) is 97.3 cm³/mol. The summed E-state index contributed by atoms with van der Waals surface area (Å²) in [6.45, 7) is 4.41. The number of fused-ring (bicyclic) bond motifs is 1. The van der Waals surface area contributed by atoms with Crippen molar-refractivity contribution in [2.24, 2.45) is 0 Å². The number of hydrogen-bond donors (Lipinski definition) is 1. The first-order valence-electron chi connectivity index (χ1n) is 8.39. The minimum absolute atomic E-state index is 0.0445. The third kappa shape index (κ3) is 2.79. The number of aliphatic hydroxyl groups is 1. The van der Waals surface area contributed by atoms with Crippen LogP contribution in [0.4, 0.5) is 5.69 Å². The lowest BCUT2D eigenvalue weighted by Crippen LogP contribution is -2.44. The van der Waals surface area contributed by atoms with Gasteiger partial charge >= 0.3 is 0 Å². The Morgan fingerprint density at radius 1 is 1.00 bits per heavy atom. The van der Waals surface area contributed by atoms with Crippen LogP contribution in [0.25, 0.3) is 22.1 Å². The van der Waals surface area contributed by atoms with Gasteiger partial charge in [-0.25, -0.2) is 0 Å². The molecule has 4 nitrogen and oxygen atoms in total. The van der Waals surface area contributed by atoms with Crippen molar-refractivity contribution in [3.8, 4) is 11.1 Å². The van der Waals surface area contributed by atoms with E-state index in [1.807, 2.05) is 18.2 Å². The highest BCUT2D eigenvalue weighted by Crippen LogP contribution is 2.32. The predicted octanol–water partition coefficient (Wildman–Crippen LogP) is 3.34. The maximum Gasteiger partial charge on any atom is 0.134 e. The van der Waals surface area contributed by atoms with Crippen LogP contribution in [0.1, 0.15) is 5.56 Å². The highest BCUT2D eigenvalue weighted by molar-refractivity contribution is 5.94. The van der Waals surface area contributed by atoms with E-state index in [4.69, 9.17) is 4.42 Å². The first-order valence-corrected chi connectivity index (χ1v) is 8.39. The molecule has 0 saturated carbocycles. The van der Waals surface area contributed by atoms with Crippen molar-refractivity contribution in [3.63, 3.8) is 0 Å². The topological polar surface area (TPSA) is 39.9 Å². The molecule has 1 saturated heterocycles. The van der Waals surface area contributed by atoms with Gasteiger partial charge in [0.05, 0.1) is 12.9 Å². The Morgan fingerprint density at radius 2 is 1.75 bits per heavy atom. The van der Waals surface area contributed by atoms with Gasteiger partial charge in [0.25, 0.3) is 0 Å². The van der Waals surface area contributed by atoms with Crippen molar-refractivity contribution in [3.05, 3.63) is 54.3 Å². The lowest BCUT2D eigenvalue weighted by Gasteiger charge is -2.34. The van der Waals surface area contributed by atoms with Gasteiger partial charge in [-0.05, 0) is 42.4 Å². The maximum atomic E-state index is 9.36. The van der Waals surface area contributed by atoms with Gasteiger partial charge in [-0.15, -0.1) is 0 Å². The number of likely N-dealkylation sites (N-methyl/N-ethyl adjacent to an activating group) is 1. The molecule has 3 aromatic rings. The van der Waals surface area contributed by atoms with E-state index in [-0.39, 0.29) is 6.61 Å². The van der Waals surface area contributed by atoms with Crippen LogP contribution in [-0.2, 0) is 6.61 Å². The number of hydrogen-bond acceptors (Lipinski definition) is 4. The maximum absolute atomic E-state index is 9.36. The Labute approximate surface area is 141 Å². The van der Waals surface area contributed by atoms with Crippen molar-refractivity contribution >= 4 is 16.7 Å². The van der Waals surface area contributed by atoms with E-state index in [1.165, 1.54) is 5.69 Å². The molecule has 1 fully saturated rings. The first kappa shape index (κ1) is 15.2. The highest BCUT2D eigenvalue weighted by atomic mass is 16.3. The molecule has 0 amide bonds. The molecule has 0 radical (unpaired) electrons. The molecule has 0 bridgehead atoms. The molecule has 2 heterocycles. The molecule has 1 aliphatic heterocycles. The van der Waals surface area contributed by atoms with Gasteiger partial charge in [0.15, 0.2) is 0 Å². The van der Waals surface area contributed by atoms with Gasteiger partial charge in [0.1, 0.15) is 5.58 Å². The summed E-state index contributed by atoms with van der Waals surface area (Å²) >= 11 is 0. The van der Waals surface area contributed by atoms with Gasteiger partial charge in [0.2, 0.25) is 0 Å². The average Bonchev–Trinajstić information content (AvgIpc) is 3.05. The Balaban J connectivity index is 1.63. The number of piperazine rings is 1. The Morgan fingerprint density at radius 3 is 2.46 bits per heavy atom. The standard InChI is InChI=1S/C20H22N2O2/c1-21-8-10-22(11-9-21)17-5-3-16(4-6-17)19-14-24-20-7-2-15(13-23)12-18(19)20/h2-7,12,14,23H,8-11,13H2,1H3. The second-order valence-corrected chi connectivity index (χ2v) is 6.48. The van der Waals surface area contributed by atoms with E-state index in [0.717, 1.165) is 53.8 Å². The molecule has 124 valence electrons. The van der Waals surface area contributed by atoms with Crippen LogP contribution in [-0.4, -0.2) is 43.2 Å². The quantitative estimate of drug-likeness (QED) is 0.803. The second kappa shape index (κ2) is 6.30. The molecule has 1 aromatic heterocycles. The fraction of sp³-hybridized carbons (Fsp3) is 0.300. The Bertz CT molecular complexity index is 830. The summed E-state index contributed by atoms with van der Waals surface area (Å²) in [6, 6.07) is 14.5. The first-order chi connectivity index (χ1) is 11.7. The van der Waals surface area contributed by atoms with E-state index in [0.29, 0.717) is 0 Å². The van der Waals surface area contributed by atoms with Crippen LogP contribution in [0.2, 0.25) is 0 Å². The molecular formula is C20H22N2O2. The van der Waals surface area contributed by atoms with Crippen LogP contribution in [0, 0.1) is 0 Å². The van der Waals surface area contributed by atoms with Crippen LogP contribution in [0.3, 0.4) is 0 Å². The van der Waals surface area contributed by atoms with Crippen LogP contribution >= 0.6 is 0 Å². The number of benzene rings is 2. The van der Waals surface area contributed by atoms with Gasteiger partial charge in [-0.1, -0.05) is 18.2 Å². The zero-order valence-electron chi connectivity index (χ0n) is 13.9. The van der Waals surface area contributed by atoms with Crippen molar-refractivity contribution in [1.82, 2.24) is 4.90 Å². The lowest BCUT2D eigenvalue weighted by atomic mass is 10.0. The molecule has 0 unspecified atom stereocenters. The molecule has 1 N–H and O–H groups in total. The average molecular weight is 322 g/mol. The van der Waals surface area contributed by atoms with E-state index >= 15 is 0 Å². The molecule has 0 atom stereocenters. The number of rotatable bonds is 3. The number of anilines is 1. The van der Waals surface area contributed by atoms with Gasteiger partial charge in [0, 0.05) is 42.8 Å². The molecule has 2 aromatic carbocycles. The zero-order chi connectivity index (χ0) is 16.5. The van der Waals surface area contributed by atoms with Gasteiger partial charge in [-0.3, -0.25) is 0 Å². The summed E-state index contributed by atoms with van der Waals surface area (Å²) in [5.74, 6) is 0. The smallest absolute Gasteiger partial charge is 0.134 e. The minimum Gasteiger partial charge on any atom is -0.464 e. The Hall–Kier alpha value is -2.30. The minimum atomic E-state index is 0.0445. The van der Waals surface area contributed by atoms with Crippen LogP contribution in [0.15, 0.2) is 53.1 Å². The molecule has 4 rings (SSSR count). The third-order valence-corrected chi connectivity index (χ3v) is 4.87. The summed E-state index contributed by atoms with van der Waals surface area (Å²) in [5, 5.41) is 10.4. The van der Waals surface area contributed by atoms with Crippen molar-refractivity contribution in [1.29, 1.82) is 0 Å². The fourth-order valence-electron chi connectivity index (χ4n) is 3.31.